The molecular formula is C34H40N2O6. The predicted molar refractivity (Wildman–Crippen MR) is 156 cm³/mol. The fraction of sp³-hybridized carbons (Fsp3) is 0.529. The zero-order chi connectivity index (χ0) is 30.0. The van der Waals surface area contributed by atoms with Crippen molar-refractivity contribution in [2.45, 2.75) is 64.6 Å². The van der Waals surface area contributed by atoms with Gasteiger partial charge in [0.2, 0.25) is 5.78 Å². The molecule has 1 aromatic heterocycles. The molecule has 1 heterocycles. The summed E-state index contributed by atoms with van der Waals surface area (Å²) in [7, 11) is 1.85. The number of aliphatic hydroxyl groups is 2. The average molecular weight is 573 g/mol. The third-order valence-electron chi connectivity index (χ3n) is 11.2. The minimum absolute atomic E-state index is 0.0105. The van der Waals surface area contributed by atoms with Crippen LogP contribution in [0, 0.1) is 34.5 Å². The molecule has 2 N–H and O–H groups in total. The Hall–Kier alpha value is -3.36. The van der Waals surface area contributed by atoms with Gasteiger partial charge in [0, 0.05) is 35.6 Å². The Bertz CT molecular complexity index is 1490. The van der Waals surface area contributed by atoms with Gasteiger partial charge < -0.3 is 14.9 Å². The van der Waals surface area contributed by atoms with E-state index >= 15 is 0 Å². The third-order valence-corrected chi connectivity index (χ3v) is 11.2. The number of ketones is 2. The molecule has 0 aliphatic heterocycles. The predicted octanol–water partition coefficient (Wildman–Crippen LogP) is 4.00. The first kappa shape index (κ1) is 28.7. The molecule has 0 bridgehead atoms. The lowest BCUT2D eigenvalue weighted by atomic mass is 9.46. The normalized spacial score (nSPS) is 37.0. The number of Topliss-reactive ketones (excluding diaryl/α,β-unsaturated/α-hetero) is 1. The fourth-order valence-electron chi connectivity index (χ4n) is 9.09. The second-order valence-corrected chi connectivity index (χ2v) is 13.4. The lowest BCUT2D eigenvalue weighted by Gasteiger charge is -2.59. The highest BCUT2D eigenvalue weighted by Gasteiger charge is 2.70. The van der Waals surface area contributed by atoms with Crippen molar-refractivity contribution < 1.29 is 29.3 Å². The summed E-state index contributed by atoms with van der Waals surface area (Å²) in [5.74, 6) is -1.38. The first-order valence-corrected chi connectivity index (χ1v) is 15.0. The van der Waals surface area contributed by atoms with Crippen LogP contribution in [0.4, 0.5) is 0 Å². The van der Waals surface area contributed by atoms with Crippen LogP contribution in [0.3, 0.4) is 0 Å². The van der Waals surface area contributed by atoms with Gasteiger partial charge in [-0.15, -0.1) is 0 Å². The van der Waals surface area contributed by atoms with Gasteiger partial charge in [-0.2, -0.15) is 5.10 Å². The maximum Gasteiger partial charge on any atom is 0.310 e. The van der Waals surface area contributed by atoms with Crippen LogP contribution in [0.15, 0.2) is 60.3 Å². The number of aliphatic hydroxyl groups excluding tert-OH is 1. The third kappa shape index (κ3) is 4.33. The fourth-order valence-corrected chi connectivity index (χ4v) is 9.09. The van der Waals surface area contributed by atoms with E-state index in [1.165, 1.54) is 0 Å². The lowest BCUT2D eigenvalue weighted by molar-refractivity contribution is -0.186. The highest BCUT2D eigenvalue weighted by atomic mass is 16.5. The topological polar surface area (TPSA) is 119 Å². The van der Waals surface area contributed by atoms with Crippen LogP contribution < -0.4 is 0 Å². The number of nitrogens with zero attached hydrogens (tertiary/aromatic N) is 2. The SMILES string of the molecule is C[C@@H]1CC2C3CCC4=CC(=O)C=CC4(C)C3[C@@H](O)CC2(C)[C@@]1(O)C(=O)COC(=O)Cc1ccc(-c2ccn(C)n2)cc1. The van der Waals surface area contributed by atoms with Gasteiger partial charge in [-0.3, -0.25) is 19.1 Å². The van der Waals surface area contributed by atoms with Gasteiger partial charge in [-0.25, -0.2) is 0 Å². The summed E-state index contributed by atoms with van der Waals surface area (Å²) in [5, 5.41) is 28.1. The van der Waals surface area contributed by atoms with E-state index < -0.39 is 40.9 Å². The smallest absolute Gasteiger partial charge is 0.310 e. The molecule has 3 saturated carbocycles. The molecule has 4 aliphatic rings. The number of aromatic nitrogens is 2. The van der Waals surface area contributed by atoms with E-state index in [0.717, 1.165) is 35.2 Å². The Kier molecular flexibility index (Phi) is 6.93. The Morgan fingerprint density at radius 2 is 1.90 bits per heavy atom. The number of ether oxygens (including phenoxy) is 1. The van der Waals surface area contributed by atoms with E-state index in [9.17, 15) is 24.6 Å². The van der Waals surface area contributed by atoms with Gasteiger partial charge in [0.1, 0.15) is 5.60 Å². The second kappa shape index (κ2) is 10.1. The number of fused-ring (bicyclic) bond motifs is 5. The Balaban J connectivity index is 1.14. The maximum absolute atomic E-state index is 13.7. The van der Waals surface area contributed by atoms with Crippen molar-refractivity contribution in [2.75, 3.05) is 6.61 Å². The van der Waals surface area contributed by atoms with Crippen molar-refractivity contribution in [1.82, 2.24) is 9.78 Å². The molecule has 4 aliphatic carbocycles. The summed E-state index contributed by atoms with van der Waals surface area (Å²) in [6, 6.07) is 9.39. The molecule has 222 valence electrons. The molecule has 42 heavy (non-hydrogen) atoms. The highest BCUT2D eigenvalue weighted by molar-refractivity contribution is 6.01. The monoisotopic (exact) mass is 572 g/mol. The quantitative estimate of drug-likeness (QED) is 0.503. The number of benzene rings is 1. The maximum atomic E-state index is 13.7. The number of carbonyl (C=O) groups is 3. The number of allylic oxidation sites excluding steroid dienone is 4. The van der Waals surface area contributed by atoms with Crippen molar-refractivity contribution in [3.05, 3.63) is 65.9 Å². The molecule has 5 unspecified atom stereocenters. The molecule has 6 rings (SSSR count). The standard InChI is InChI=1S/C34H40N2O6/c1-20-15-26-25-10-9-23-17-24(37)11-13-32(23,2)31(25)28(38)18-33(26,3)34(20,41)29(39)19-42-30(40)16-21-5-7-22(8-6-21)27-12-14-36(4)35-27/h5-8,11-14,17,20,25-26,28,31,38,41H,9-10,15-16,18-19H2,1-4H3/t20-,25?,26?,28+,31?,32?,33?,34+/m1/s1. The van der Waals surface area contributed by atoms with E-state index in [1.807, 2.05) is 63.5 Å². The van der Waals surface area contributed by atoms with Crippen molar-refractivity contribution in [3.8, 4) is 11.3 Å². The molecule has 8 nitrogen and oxygen atoms in total. The Morgan fingerprint density at radius 1 is 1.17 bits per heavy atom. The summed E-state index contributed by atoms with van der Waals surface area (Å²) in [6.07, 6.45) is 8.89. The minimum Gasteiger partial charge on any atom is -0.457 e. The van der Waals surface area contributed by atoms with E-state index in [0.29, 0.717) is 6.42 Å². The second-order valence-electron chi connectivity index (χ2n) is 13.4. The van der Waals surface area contributed by atoms with Gasteiger partial charge >= 0.3 is 5.97 Å². The summed E-state index contributed by atoms with van der Waals surface area (Å²) < 4.78 is 7.16. The summed E-state index contributed by atoms with van der Waals surface area (Å²) in [6.45, 7) is 5.42. The van der Waals surface area contributed by atoms with Gasteiger partial charge in [0.25, 0.3) is 0 Å². The van der Waals surface area contributed by atoms with Crippen LogP contribution >= 0.6 is 0 Å². The van der Waals surface area contributed by atoms with Crippen LogP contribution in [0.2, 0.25) is 0 Å². The first-order valence-electron chi connectivity index (χ1n) is 15.0. The molecule has 0 amide bonds. The molecule has 0 radical (unpaired) electrons. The van der Waals surface area contributed by atoms with Crippen LogP contribution in [-0.4, -0.2) is 55.8 Å². The number of aryl methyl sites for hydroxylation is 1. The van der Waals surface area contributed by atoms with Crippen molar-refractivity contribution in [3.63, 3.8) is 0 Å². The lowest BCUT2D eigenvalue weighted by Crippen LogP contribution is -2.62. The summed E-state index contributed by atoms with van der Waals surface area (Å²) >= 11 is 0. The van der Waals surface area contributed by atoms with Gasteiger partial charge in [0.15, 0.2) is 12.4 Å². The molecule has 8 atom stereocenters. The van der Waals surface area contributed by atoms with E-state index in [2.05, 4.69) is 12.0 Å². The molecule has 0 saturated heterocycles. The van der Waals surface area contributed by atoms with Crippen molar-refractivity contribution >= 4 is 17.5 Å². The van der Waals surface area contributed by atoms with Crippen LogP contribution in [-0.2, 0) is 32.6 Å². The summed E-state index contributed by atoms with van der Waals surface area (Å²) in [5.41, 5.74) is 0.601. The Labute approximate surface area is 246 Å². The molecule has 3 fully saturated rings. The van der Waals surface area contributed by atoms with Crippen LogP contribution in [0.25, 0.3) is 11.3 Å². The molecular weight excluding hydrogens is 532 g/mol. The number of carbonyl (C=O) groups excluding carboxylic acids is 3. The number of hydrogen-bond donors (Lipinski definition) is 2. The molecule has 8 heteroatoms. The van der Waals surface area contributed by atoms with Gasteiger partial charge in [0.05, 0.1) is 18.2 Å². The number of hydrogen-bond acceptors (Lipinski definition) is 7. The van der Waals surface area contributed by atoms with E-state index in [-0.39, 0.29) is 42.3 Å². The average Bonchev–Trinajstić information content (AvgIpc) is 3.47. The zero-order valence-electron chi connectivity index (χ0n) is 24.7. The Morgan fingerprint density at radius 3 is 2.60 bits per heavy atom. The summed E-state index contributed by atoms with van der Waals surface area (Å²) in [4.78, 5) is 38.5. The van der Waals surface area contributed by atoms with Crippen LogP contribution in [0.1, 0.15) is 52.0 Å². The number of esters is 1. The first-order chi connectivity index (χ1) is 19.9. The molecule has 1 aromatic carbocycles. The van der Waals surface area contributed by atoms with E-state index in [4.69, 9.17) is 4.74 Å². The zero-order valence-corrected chi connectivity index (χ0v) is 24.7. The minimum atomic E-state index is -1.72. The highest BCUT2D eigenvalue weighted by Crippen LogP contribution is 2.68. The van der Waals surface area contributed by atoms with Crippen molar-refractivity contribution in [1.29, 1.82) is 0 Å². The van der Waals surface area contributed by atoms with Gasteiger partial charge in [-0.05, 0) is 67.2 Å². The molecule has 0 spiro atoms. The molecule has 2 aromatic rings. The van der Waals surface area contributed by atoms with Crippen molar-refractivity contribution in [2.24, 2.45) is 41.5 Å². The van der Waals surface area contributed by atoms with E-state index in [1.54, 1.807) is 16.8 Å². The number of rotatable bonds is 6. The largest absolute Gasteiger partial charge is 0.457 e. The van der Waals surface area contributed by atoms with Gasteiger partial charge in [-0.1, -0.05) is 56.7 Å². The van der Waals surface area contributed by atoms with Crippen LogP contribution in [0.5, 0.6) is 0 Å².